The van der Waals surface area contributed by atoms with Crippen molar-refractivity contribution in [2.75, 3.05) is 5.48 Å². The molecule has 0 saturated carbocycles. The van der Waals surface area contributed by atoms with Gasteiger partial charge >= 0.3 is 0 Å². The molecule has 54 valence electrons. The Morgan fingerprint density at radius 1 is 1.60 bits per heavy atom. The minimum atomic E-state index is -0.608. The van der Waals surface area contributed by atoms with Gasteiger partial charge < -0.3 is 0 Å². The zero-order chi connectivity index (χ0) is 7.56. The van der Waals surface area contributed by atoms with Crippen molar-refractivity contribution in [1.29, 1.82) is 0 Å². The van der Waals surface area contributed by atoms with Crippen LogP contribution < -0.4 is 5.48 Å². The summed E-state index contributed by atoms with van der Waals surface area (Å²) >= 11 is 1.92. The molecule has 0 saturated heterocycles. The molecular weight excluding hydrogens is 250 g/mol. The smallest absolute Gasteiger partial charge is 0.215 e. The molecule has 0 aliphatic rings. The zero-order valence-electron chi connectivity index (χ0n) is 4.81. The number of halogens is 2. The van der Waals surface area contributed by atoms with Gasteiger partial charge in [-0.05, 0) is 28.7 Å². The van der Waals surface area contributed by atoms with Crippen LogP contribution in [-0.4, -0.2) is 10.2 Å². The van der Waals surface area contributed by atoms with E-state index >= 15 is 0 Å². The molecule has 0 bridgehead atoms. The molecule has 0 aliphatic carbocycles. The van der Waals surface area contributed by atoms with Gasteiger partial charge in [0.05, 0.1) is 0 Å². The number of rotatable bonds is 1. The van der Waals surface area contributed by atoms with Gasteiger partial charge in [0.15, 0.2) is 5.82 Å². The SMILES string of the molecule is ONc1cc(I)cc(F)n1. The molecule has 0 aromatic carbocycles. The van der Waals surface area contributed by atoms with E-state index < -0.39 is 5.95 Å². The molecule has 3 nitrogen and oxygen atoms in total. The lowest BCUT2D eigenvalue weighted by atomic mass is 10.5. The van der Waals surface area contributed by atoms with E-state index in [1.54, 1.807) is 5.48 Å². The Morgan fingerprint density at radius 2 is 2.30 bits per heavy atom. The van der Waals surface area contributed by atoms with Crippen LogP contribution in [0.25, 0.3) is 0 Å². The van der Waals surface area contributed by atoms with Gasteiger partial charge in [0.2, 0.25) is 5.95 Å². The summed E-state index contributed by atoms with van der Waals surface area (Å²) in [5.74, 6) is -0.493. The van der Waals surface area contributed by atoms with E-state index in [0.29, 0.717) is 3.57 Å². The number of nitrogens with one attached hydrogen (secondary N) is 1. The monoisotopic (exact) mass is 254 g/mol. The molecule has 1 rings (SSSR count). The zero-order valence-corrected chi connectivity index (χ0v) is 6.96. The molecule has 0 unspecified atom stereocenters. The first kappa shape index (κ1) is 7.67. The molecule has 0 aliphatic heterocycles. The van der Waals surface area contributed by atoms with E-state index in [2.05, 4.69) is 4.98 Å². The molecule has 1 aromatic heterocycles. The quantitative estimate of drug-likeness (QED) is 0.454. The first-order chi connectivity index (χ1) is 4.72. The van der Waals surface area contributed by atoms with E-state index in [1.807, 2.05) is 22.6 Å². The molecule has 0 spiro atoms. The number of hydrogen-bond donors (Lipinski definition) is 2. The van der Waals surface area contributed by atoms with Gasteiger partial charge in [-0.3, -0.25) is 10.7 Å². The minimum Gasteiger partial charge on any atom is -0.290 e. The predicted octanol–water partition coefficient (Wildman–Crippen LogP) is 1.63. The highest BCUT2D eigenvalue weighted by Crippen LogP contribution is 2.10. The Hall–Kier alpha value is -0.430. The average molecular weight is 254 g/mol. The number of hydrogen-bond acceptors (Lipinski definition) is 3. The van der Waals surface area contributed by atoms with Crippen molar-refractivity contribution in [2.24, 2.45) is 0 Å². The second-order valence-electron chi connectivity index (χ2n) is 1.61. The Labute approximate surface area is 70.4 Å². The Morgan fingerprint density at radius 3 is 2.80 bits per heavy atom. The second kappa shape index (κ2) is 3.11. The van der Waals surface area contributed by atoms with Crippen molar-refractivity contribution in [1.82, 2.24) is 4.98 Å². The maximum absolute atomic E-state index is 12.3. The highest BCUT2D eigenvalue weighted by molar-refractivity contribution is 14.1. The first-order valence-electron chi connectivity index (χ1n) is 2.45. The van der Waals surface area contributed by atoms with Crippen LogP contribution in [0.1, 0.15) is 0 Å². The van der Waals surface area contributed by atoms with Crippen LogP contribution in [-0.2, 0) is 0 Å². The maximum Gasteiger partial charge on any atom is 0.215 e. The van der Waals surface area contributed by atoms with E-state index in [-0.39, 0.29) is 5.82 Å². The highest BCUT2D eigenvalue weighted by atomic mass is 127. The van der Waals surface area contributed by atoms with Crippen LogP contribution in [0, 0.1) is 9.52 Å². The van der Waals surface area contributed by atoms with E-state index in [9.17, 15) is 4.39 Å². The van der Waals surface area contributed by atoms with E-state index in [1.165, 1.54) is 12.1 Å². The van der Waals surface area contributed by atoms with Gasteiger partial charge in [0.25, 0.3) is 0 Å². The third kappa shape index (κ3) is 1.77. The fraction of sp³-hybridized carbons (Fsp3) is 0. The van der Waals surface area contributed by atoms with Crippen molar-refractivity contribution in [3.05, 3.63) is 21.7 Å². The minimum absolute atomic E-state index is 0.115. The van der Waals surface area contributed by atoms with Crippen molar-refractivity contribution < 1.29 is 9.60 Å². The lowest BCUT2D eigenvalue weighted by Gasteiger charge is -1.96. The summed E-state index contributed by atoms with van der Waals surface area (Å²) < 4.78 is 13.0. The van der Waals surface area contributed by atoms with Crippen molar-refractivity contribution in [2.45, 2.75) is 0 Å². The van der Waals surface area contributed by atoms with Crippen LogP contribution in [0.2, 0.25) is 0 Å². The molecule has 5 heteroatoms. The molecular formula is C5H4FIN2O. The number of aromatic nitrogens is 1. The standard InChI is InChI=1S/C5H4FIN2O/c6-4-1-3(7)2-5(8-4)9-10/h1-2,10H,(H,8,9). The molecule has 0 fully saturated rings. The fourth-order valence-electron chi connectivity index (χ4n) is 0.523. The summed E-state index contributed by atoms with van der Waals surface area (Å²) in [6.07, 6.45) is 0. The Balaban J connectivity index is 3.06. The third-order valence-electron chi connectivity index (χ3n) is 0.873. The van der Waals surface area contributed by atoms with Crippen LogP contribution in [0.4, 0.5) is 10.2 Å². The normalized spacial score (nSPS) is 9.50. The van der Waals surface area contributed by atoms with Crippen LogP contribution >= 0.6 is 22.6 Å². The summed E-state index contributed by atoms with van der Waals surface area (Å²) in [6.45, 7) is 0. The van der Waals surface area contributed by atoms with Gasteiger partial charge in [0, 0.05) is 9.64 Å². The molecule has 0 amide bonds. The first-order valence-corrected chi connectivity index (χ1v) is 3.53. The van der Waals surface area contributed by atoms with E-state index in [4.69, 9.17) is 5.21 Å². The topological polar surface area (TPSA) is 45.1 Å². The molecule has 0 atom stereocenters. The molecule has 10 heavy (non-hydrogen) atoms. The fourth-order valence-corrected chi connectivity index (χ4v) is 1.07. The number of pyridine rings is 1. The van der Waals surface area contributed by atoms with Crippen LogP contribution in [0.15, 0.2) is 12.1 Å². The van der Waals surface area contributed by atoms with Gasteiger partial charge in [-0.1, -0.05) is 0 Å². The van der Waals surface area contributed by atoms with Crippen LogP contribution in [0.5, 0.6) is 0 Å². The third-order valence-corrected chi connectivity index (χ3v) is 1.50. The lowest BCUT2D eigenvalue weighted by Crippen LogP contribution is -1.95. The maximum atomic E-state index is 12.3. The van der Waals surface area contributed by atoms with Gasteiger partial charge in [-0.15, -0.1) is 0 Å². The summed E-state index contributed by atoms with van der Waals surface area (Å²) in [5, 5.41) is 8.30. The summed E-state index contributed by atoms with van der Waals surface area (Å²) in [5.41, 5.74) is 1.75. The number of nitrogens with zero attached hydrogens (tertiary/aromatic N) is 1. The molecule has 1 aromatic rings. The van der Waals surface area contributed by atoms with Gasteiger partial charge in [-0.25, -0.2) is 4.98 Å². The Kier molecular flexibility index (Phi) is 2.39. The van der Waals surface area contributed by atoms with Crippen molar-refractivity contribution in [3.63, 3.8) is 0 Å². The summed E-state index contributed by atoms with van der Waals surface area (Å²) in [4.78, 5) is 3.32. The van der Waals surface area contributed by atoms with Gasteiger partial charge in [0.1, 0.15) is 0 Å². The van der Waals surface area contributed by atoms with E-state index in [0.717, 1.165) is 0 Å². The lowest BCUT2D eigenvalue weighted by molar-refractivity contribution is 0.384. The van der Waals surface area contributed by atoms with Crippen LogP contribution in [0.3, 0.4) is 0 Å². The molecule has 1 heterocycles. The predicted molar refractivity (Wildman–Crippen MR) is 42.3 cm³/mol. The highest BCUT2D eigenvalue weighted by Gasteiger charge is 1.97. The average Bonchev–Trinajstić information content (AvgIpc) is 1.85. The second-order valence-corrected chi connectivity index (χ2v) is 2.85. The van der Waals surface area contributed by atoms with Crippen molar-refractivity contribution in [3.8, 4) is 0 Å². The largest absolute Gasteiger partial charge is 0.290 e. The van der Waals surface area contributed by atoms with Gasteiger partial charge in [-0.2, -0.15) is 4.39 Å². The molecule has 2 N–H and O–H groups in total. The number of anilines is 1. The molecule has 0 radical (unpaired) electrons. The Bertz CT molecular complexity index is 223. The summed E-state index contributed by atoms with van der Waals surface area (Å²) in [7, 11) is 0. The van der Waals surface area contributed by atoms with Crippen molar-refractivity contribution >= 4 is 28.4 Å². The summed E-state index contributed by atoms with van der Waals surface area (Å²) in [6, 6.07) is 2.78.